The minimum absolute atomic E-state index is 0.983. The van der Waals surface area contributed by atoms with Crippen molar-refractivity contribution in [1.29, 1.82) is 0 Å². The zero-order valence-electron chi connectivity index (χ0n) is 10.9. The second-order valence-corrected chi connectivity index (χ2v) is 4.49. The highest BCUT2D eigenvalue weighted by Gasteiger charge is 2.07. The lowest BCUT2D eigenvalue weighted by atomic mass is 10.1. The molecule has 0 amide bonds. The van der Waals surface area contributed by atoms with E-state index in [2.05, 4.69) is 49.0 Å². The molecule has 0 N–H and O–H groups in total. The van der Waals surface area contributed by atoms with Gasteiger partial charge in [0.1, 0.15) is 5.82 Å². The number of anilines is 2. The van der Waals surface area contributed by atoms with Crippen molar-refractivity contribution in [3.05, 3.63) is 53.2 Å². The lowest BCUT2D eigenvalue weighted by Gasteiger charge is -2.21. The molecule has 88 valence electrons. The zero-order valence-corrected chi connectivity index (χ0v) is 10.9. The third-order valence-corrected chi connectivity index (χ3v) is 2.93. The van der Waals surface area contributed by atoms with Gasteiger partial charge in [-0.2, -0.15) is 0 Å². The van der Waals surface area contributed by atoms with E-state index >= 15 is 0 Å². The van der Waals surface area contributed by atoms with Crippen LogP contribution in [-0.4, -0.2) is 12.0 Å². The minimum Gasteiger partial charge on any atom is -0.329 e. The molecular weight excluding hydrogens is 208 g/mol. The van der Waals surface area contributed by atoms with E-state index < -0.39 is 0 Å². The highest BCUT2D eigenvalue weighted by molar-refractivity contribution is 5.63. The van der Waals surface area contributed by atoms with Crippen LogP contribution in [0.2, 0.25) is 0 Å². The number of pyridine rings is 1. The van der Waals surface area contributed by atoms with Gasteiger partial charge in [0, 0.05) is 18.4 Å². The van der Waals surface area contributed by atoms with Crippen LogP contribution in [0.15, 0.2) is 36.4 Å². The van der Waals surface area contributed by atoms with Gasteiger partial charge in [-0.1, -0.05) is 23.8 Å². The van der Waals surface area contributed by atoms with E-state index in [1.54, 1.807) is 0 Å². The summed E-state index contributed by atoms with van der Waals surface area (Å²) in [6.45, 7) is 6.26. The maximum Gasteiger partial charge on any atom is 0.132 e. The van der Waals surface area contributed by atoms with Gasteiger partial charge in [0.25, 0.3) is 0 Å². The molecule has 2 aromatic rings. The molecule has 0 aliphatic carbocycles. The second-order valence-electron chi connectivity index (χ2n) is 4.49. The number of hydrogen-bond donors (Lipinski definition) is 0. The first kappa shape index (κ1) is 11.6. The van der Waals surface area contributed by atoms with Gasteiger partial charge < -0.3 is 4.90 Å². The fourth-order valence-electron chi connectivity index (χ4n) is 2.02. The Morgan fingerprint density at radius 1 is 1.00 bits per heavy atom. The lowest BCUT2D eigenvalue weighted by molar-refractivity contribution is 1.08. The summed E-state index contributed by atoms with van der Waals surface area (Å²) in [4.78, 5) is 6.67. The van der Waals surface area contributed by atoms with E-state index in [4.69, 9.17) is 0 Å². The minimum atomic E-state index is 0.983. The van der Waals surface area contributed by atoms with E-state index in [1.807, 2.05) is 25.1 Å². The Morgan fingerprint density at radius 3 is 2.41 bits per heavy atom. The van der Waals surface area contributed by atoms with Crippen molar-refractivity contribution in [1.82, 2.24) is 4.98 Å². The first-order valence-electron chi connectivity index (χ1n) is 5.82. The quantitative estimate of drug-likeness (QED) is 0.774. The van der Waals surface area contributed by atoms with Crippen molar-refractivity contribution in [3.63, 3.8) is 0 Å². The Labute approximate surface area is 103 Å². The molecule has 0 bridgehead atoms. The molecule has 0 saturated carbocycles. The molecule has 0 radical (unpaired) electrons. The molecular formula is C15H18N2. The molecule has 0 unspecified atom stereocenters. The summed E-state index contributed by atoms with van der Waals surface area (Å²) in [5.74, 6) is 0.983. The van der Waals surface area contributed by atoms with Crippen molar-refractivity contribution in [3.8, 4) is 0 Å². The highest BCUT2D eigenvalue weighted by Crippen LogP contribution is 2.25. The predicted molar refractivity (Wildman–Crippen MR) is 73.0 cm³/mol. The summed E-state index contributed by atoms with van der Waals surface area (Å²) in [5, 5.41) is 0. The number of benzene rings is 1. The summed E-state index contributed by atoms with van der Waals surface area (Å²) in [5.41, 5.74) is 4.81. The third kappa shape index (κ3) is 2.47. The molecule has 0 spiro atoms. The molecule has 0 fully saturated rings. The third-order valence-electron chi connectivity index (χ3n) is 2.93. The number of aromatic nitrogens is 1. The van der Waals surface area contributed by atoms with Gasteiger partial charge in [-0.05, 0) is 44.5 Å². The van der Waals surface area contributed by atoms with Crippen LogP contribution in [0, 0.1) is 20.8 Å². The van der Waals surface area contributed by atoms with Crippen LogP contribution in [0.25, 0.3) is 0 Å². The number of hydrogen-bond acceptors (Lipinski definition) is 2. The first-order valence-corrected chi connectivity index (χ1v) is 5.82. The van der Waals surface area contributed by atoms with Gasteiger partial charge in [-0.25, -0.2) is 4.98 Å². The Bertz CT molecular complexity index is 532. The summed E-state index contributed by atoms with van der Waals surface area (Å²) in [6, 6.07) is 12.6. The van der Waals surface area contributed by atoms with Crippen molar-refractivity contribution in [2.24, 2.45) is 0 Å². The average molecular weight is 226 g/mol. The molecule has 2 heteroatoms. The maximum atomic E-state index is 4.54. The van der Waals surface area contributed by atoms with Crippen LogP contribution >= 0.6 is 0 Å². The van der Waals surface area contributed by atoms with E-state index in [1.165, 1.54) is 16.8 Å². The fraction of sp³-hybridized carbons (Fsp3) is 0.267. The molecule has 0 atom stereocenters. The molecule has 2 nitrogen and oxygen atoms in total. The Morgan fingerprint density at radius 2 is 1.76 bits per heavy atom. The fourth-order valence-corrected chi connectivity index (χ4v) is 2.02. The smallest absolute Gasteiger partial charge is 0.132 e. The van der Waals surface area contributed by atoms with Crippen LogP contribution in [0.4, 0.5) is 11.5 Å². The molecule has 1 aromatic heterocycles. The van der Waals surface area contributed by atoms with Gasteiger partial charge >= 0.3 is 0 Å². The largest absolute Gasteiger partial charge is 0.329 e. The SMILES string of the molecule is Cc1ccc(N(C)c2cccc(C)n2)c(C)c1. The van der Waals surface area contributed by atoms with E-state index in [0.717, 1.165) is 11.5 Å². The van der Waals surface area contributed by atoms with Crippen LogP contribution in [0.3, 0.4) is 0 Å². The summed E-state index contributed by atoms with van der Waals surface area (Å²) in [7, 11) is 2.06. The Balaban J connectivity index is 2.40. The molecule has 1 heterocycles. The van der Waals surface area contributed by atoms with Crippen molar-refractivity contribution < 1.29 is 0 Å². The monoisotopic (exact) mass is 226 g/mol. The van der Waals surface area contributed by atoms with Crippen LogP contribution in [0.1, 0.15) is 16.8 Å². The highest BCUT2D eigenvalue weighted by atomic mass is 15.2. The van der Waals surface area contributed by atoms with E-state index in [9.17, 15) is 0 Å². The van der Waals surface area contributed by atoms with Gasteiger partial charge in [0.15, 0.2) is 0 Å². The van der Waals surface area contributed by atoms with Crippen molar-refractivity contribution in [2.45, 2.75) is 20.8 Å². The molecule has 0 saturated heterocycles. The van der Waals surface area contributed by atoms with Crippen LogP contribution in [0.5, 0.6) is 0 Å². The van der Waals surface area contributed by atoms with E-state index in [0.29, 0.717) is 0 Å². The van der Waals surface area contributed by atoms with Crippen LogP contribution in [-0.2, 0) is 0 Å². The number of aryl methyl sites for hydroxylation is 3. The first-order chi connectivity index (χ1) is 8.08. The Kier molecular flexibility index (Phi) is 3.14. The standard InChI is InChI=1S/C15H18N2/c1-11-8-9-14(12(2)10-11)17(4)15-7-5-6-13(3)16-15/h5-10H,1-4H3. The molecule has 17 heavy (non-hydrogen) atoms. The molecule has 2 rings (SSSR count). The molecule has 0 aliphatic rings. The topological polar surface area (TPSA) is 16.1 Å². The van der Waals surface area contributed by atoms with Gasteiger partial charge in [-0.15, -0.1) is 0 Å². The molecule has 1 aromatic carbocycles. The number of nitrogens with zero attached hydrogens (tertiary/aromatic N) is 2. The Hall–Kier alpha value is -1.83. The predicted octanol–water partition coefficient (Wildman–Crippen LogP) is 3.77. The second kappa shape index (κ2) is 4.58. The van der Waals surface area contributed by atoms with Gasteiger partial charge in [0.2, 0.25) is 0 Å². The summed E-state index contributed by atoms with van der Waals surface area (Å²) < 4.78 is 0. The molecule has 0 aliphatic heterocycles. The number of rotatable bonds is 2. The summed E-state index contributed by atoms with van der Waals surface area (Å²) >= 11 is 0. The normalized spacial score (nSPS) is 10.4. The zero-order chi connectivity index (χ0) is 12.4. The van der Waals surface area contributed by atoms with Gasteiger partial charge in [0.05, 0.1) is 0 Å². The van der Waals surface area contributed by atoms with E-state index in [-0.39, 0.29) is 0 Å². The maximum absolute atomic E-state index is 4.54. The summed E-state index contributed by atoms with van der Waals surface area (Å²) in [6.07, 6.45) is 0. The average Bonchev–Trinajstić information content (AvgIpc) is 2.28. The van der Waals surface area contributed by atoms with Crippen molar-refractivity contribution >= 4 is 11.5 Å². The van der Waals surface area contributed by atoms with Crippen LogP contribution < -0.4 is 4.90 Å². The van der Waals surface area contributed by atoms with Crippen molar-refractivity contribution in [2.75, 3.05) is 11.9 Å². The van der Waals surface area contributed by atoms with Gasteiger partial charge in [-0.3, -0.25) is 0 Å². The lowest BCUT2D eigenvalue weighted by Crippen LogP contribution is -2.12.